The molecule has 0 rings (SSSR count). The first-order valence-corrected chi connectivity index (χ1v) is 44.5. The Bertz CT molecular complexity index is 1910. The maximum absolute atomic E-state index is 13.1. The second kappa shape index (κ2) is 71.7. The largest absolute Gasteiger partial charge is 0.472 e. The number of aliphatic hydroxyl groups is 1. The molecule has 0 aromatic heterocycles. The van der Waals surface area contributed by atoms with Gasteiger partial charge in [0.1, 0.15) is 19.3 Å². The van der Waals surface area contributed by atoms with Gasteiger partial charge in [0.15, 0.2) is 12.2 Å². The lowest BCUT2D eigenvalue weighted by molar-refractivity contribution is -0.161. The Labute approximate surface area is 607 Å². The van der Waals surface area contributed by atoms with Crippen LogP contribution in [0.25, 0.3) is 0 Å². The lowest BCUT2D eigenvalue weighted by Gasteiger charge is -2.21. The monoisotopic (exact) mass is 1450 g/mol. The van der Waals surface area contributed by atoms with Gasteiger partial charge in [-0.25, -0.2) is 9.13 Å². The zero-order valence-electron chi connectivity index (χ0n) is 64.8. The molecule has 17 nitrogen and oxygen atoms in total. The molecule has 3 N–H and O–H groups in total. The van der Waals surface area contributed by atoms with Crippen molar-refractivity contribution in [3.8, 4) is 0 Å². The Kier molecular flexibility index (Phi) is 70.3. The van der Waals surface area contributed by atoms with E-state index >= 15 is 0 Å². The van der Waals surface area contributed by atoms with Crippen LogP contribution >= 0.6 is 15.6 Å². The van der Waals surface area contributed by atoms with Crippen LogP contribution in [0.2, 0.25) is 0 Å². The van der Waals surface area contributed by atoms with Gasteiger partial charge in [-0.2, -0.15) is 0 Å². The van der Waals surface area contributed by atoms with E-state index in [-0.39, 0.29) is 25.7 Å². The summed E-state index contributed by atoms with van der Waals surface area (Å²) in [7, 11) is -9.91. The van der Waals surface area contributed by atoms with Crippen LogP contribution in [0.4, 0.5) is 0 Å². The van der Waals surface area contributed by atoms with Crippen molar-refractivity contribution in [3.63, 3.8) is 0 Å². The maximum Gasteiger partial charge on any atom is 0.472 e. The number of hydrogen-bond acceptors (Lipinski definition) is 15. The number of phosphoric acid groups is 2. The van der Waals surface area contributed by atoms with Gasteiger partial charge in [-0.05, 0) is 37.5 Å². The van der Waals surface area contributed by atoms with Crippen molar-refractivity contribution >= 4 is 39.5 Å². The Balaban J connectivity index is 5.22. The molecule has 2 unspecified atom stereocenters. The number of phosphoric ester groups is 2. The molecule has 0 amide bonds. The fraction of sp³-hybridized carbons (Fsp3) is 0.950. The molecule has 0 aromatic carbocycles. The van der Waals surface area contributed by atoms with Gasteiger partial charge in [0.2, 0.25) is 0 Å². The number of esters is 4. The molecule has 0 aliphatic heterocycles. The average molecular weight is 1450 g/mol. The topological polar surface area (TPSA) is 237 Å². The minimum absolute atomic E-state index is 0.107. The smallest absolute Gasteiger partial charge is 0.462 e. The zero-order chi connectivity index (χ0) is 72.8. The van der Waals surface area contributed by atoms with Crippen molar-refractivity contribution in [1.29, 1.82) is 0 Å². The third-order valence-electron chi connectivity index (χ3n) is 18.7. The average Bonchev–Trinajstić information content (AvgIpc) is 0.974. The SMILES string of the molecule is CCCCCCCCCCCCCC(=O)OC[C@H](COP(=O)(O)OC[C@H](O)COP(=O)(O)OC[C@@H](COC(=O)CCCCCCCCCCCCCCCCCC(C)C)OC(=O)CCCCCCCCCCCCCCCCCCC(C)C)OC(=O)CCCCCCCCCCCCC. The zero-order valence-corrected chi connectivity index (χ0v) is 66.6. The molecule has 99 heavy (non-hydrogen) atoms. The fourth-order valence-corrected chi connectivity index (χ4v) is 13.9. The van der Waals surface area contributed by atoms with Crippen LogP contribution in [0.5, 0.6) is 0 Å². The Morgan fingerprint density at radius 1 is 0.273 bits per heavy atom. The Morgan fingerprint density at radius 2 is 0.465 bits per heavy atom. The Morgan fingerprint density at radius 3 is 0.687 bits per heavy atom. The van der Waals surface area contributed by atoms with Crippen molar-refractivity contribution in [2.45, 2.75) is 439 Å². The summed E-state index contributed by atoms with van der Waals surface area (Å²) in [6, 6.07) is 0. The highest BCUT2D eigenvalue weighted by atomic mass is 31.2. The van der Waals surface area contributed by atoms with E-state index in [2.05, 4.69) is 41.5 Å². The first-order valence-electron chi connectivity index (χ1n) is 41.5. The van der Waals surface area contributed by atoms with E-state index in [9.17, 15) is 43.2 Å². The summed E-state index contributed by atoms with van der Waals surface area (Å²) < 4.78 is 68.7. The number of ether oxygens (including phenoxy) is 4. The van der Waals surface area contributed by atoms with Gasteiger partial charge >= 0.3 is 39.5 Å². The highest BCUT2D eigenvalue weighted by molar-refractivity contribution is 7.47. The van der Waals surface area contributed by atoms with Gasteiger partial charge in [0.05, 0.1) is 26.4 Å². The van der Waals surface area contributed by atoms with Gasteiger partial charge in [-0.1, -0.05) is 369 Å². The summed E-state index contributed by atoms with van der Waals surface area (Å²) >= 11 is 0. The number of carbonyl (C=O) groups excluding carboxylic acids is 4. The Hall–Kier alpha value is -1.94. The van der Waals surface area contributed by atoms with Crippen LogP contribution in [0, 0.1) is 11.8 Å². The quantitative estimate of drug-likeness (QED) is 0.0222. The highest BCUT2D eigenvalue weighted by Gasteiger charge is 2.30. The van der Waals surface area contributed by atoms with Crippen LogP contribution in [0.3, 0.4) is 0 Å². The molecule has 0 spiro atoms. The van der Waals surface area contributed by atoms with Crippen LogP contribution in [-0.4, -0.2) is 96.7 Å². The summed E-state index contributed by atoms with van der Waals surface area (Å²) in [6.07, 6.45) is 60.9. The maximum atomic E-state index is 13.1. The normalized spacial score (nSPS) is 13.9. The number of hydrogen-bond donors (Lipinski definition) is 3. The molecule has 0 aromatic rings. The molecular weight excluding hydrogens is 1290 g/mol. The molecule has 0 saturated heterocycles. The van der Waals surface area contributed by atoms with E-state index in [0.29, 0.717) is 25.7 Å². The van der Waals surface area contributed by atoms with Crippen LogP contribution in [0.15, 0.2) is 0 Å². The summed E-state index contributed by atoms with van der Waals surface area (Å²) in [5.41, 5.74) is 0. The fourth-order valence-electron chi connectivity index (χ4n) is 12.4. The summed E-state index contributed by atoms with van der Waals surface area (Å²) in [5.74, 6) is -0.493. The van der Waals surface area contributed by atoms with E-state index < -0.39 is 97.5 Å². The van der Waals surface area contributed by atoms with Crippen molar-refractivity contribution in [2.75, 3.05) is 39.6 Å². The van der Waals surface area contributed by atoms with Gasteiger partial charge in [0, 0.05) is 25.7 Å². The van der Waals surface area contributed by atoms with Crippen LogP contribution in [0.1, 0.15) is 420 Å². The van der Waals surface area contributed by atoms with Crippen LogP contribution in [-0.2, 0) is 65.4 Å². The molecule has 19 heteroatoms. The van der Waals surface area contributed by atoms with E-state index in [0.717, 1.165) is 102 Å². The molecule has 0 radical (unpaired) electrons. The van der Waals surface area contributed by atoms with Gasteiger partial charge in [0.25, 0.3) is 0 Å². The van der Waals surface area contributed by atoms with Gasteiger partial charge in [-0.3, -0.25) is 37.3 Å². The number of carbonyl (C=O) groups is 4. The third-order valence-corrected chi connectivity index (χ3v) is 20.6. The standard InChI is InChI=1S/C80H156O17P2/c1-7-9-11-13-15-17-30-38-44-50-56-62-77(82)90-68-75(96-79(84)64-58-52-46-40-31-18-16-14-12-10-8-2)70-94-98(86,87)92-66-74(81)67-93-99(88,89)95-71-76(69-91-78(83)63-57-51-45-39-34-28-25-21-23-27-33-37-43-49-55-61-73(5)6)97-80(85)65-59-53-47-41-35-29-24-20-19-22-26-32-36-42-48-54-60-72(3)4/h72-76,81H,7-71H2,1-6H3,(H,86,87)(H,88,89)/t74-,75+,76+/m0/s1. The van der Waals surface area contributed by atoms with Crippen molar-refractivity contribution < 1.29 is 80.2 Å². The summed E-state index contributed by atoms with van der Waals surface area (Å²) in [6.45, 7) is 9.68. The third kappa shape index (κ3) is 74.1. The number of rotatable bonds is 79. The first-order chi connectivity index (χ1) is 47.9. The van der Waals surface area contributed by atoms with Crippen LogP contribution < -0.4 is 0 Å². The summed E-state index contributed by atoms with van der Waals surface area (Å²) in [4.78, 5) is 72.9. The molecule has 0 aliphatic rings. The predicted octanol–water partition coefficient (Wildman–Crippen LogP) is 23.9. The molecule has 0 bridgehead atoms. The first kappa shape index (κ1) is 97.1. The molecule has 0 fully saturated rings. The second-order valence-corrected chi connectivity index (χ2v) is 32.7. The number of aliphatic hydroxyl groups excluding tert-OH is 1. The second-order valence-electron chi connectivity index (χ2n) is 29.8. The lowest BCUT2D eigenvalue weighted by atomic mass is 10.0. The van der Waals surface area contributed by atoms with E-state index in [4.69, 9.17) is 37.0 Å². The van der Waals surface area contributed by atoms with Crippen molar-refractivity contribution in [1.82, 2.24) is 0 Å². The molecular formula is C80H156O17P2. The van der Waals surface area contributed by atoms with Crippen molar-refractivity contribution in [2.24, 2.45) is 11.8 Å². The summed E-state index contributed by atoms with van der Waals surface area (Å²) in [5, 5.41) is 10.6. The number of unbranched alkanes of at least 4 members (excludes halogenated alkanes) is 49. The van der Waals surface area contributed by atoms with Gasteiger partial charge < -0.3 is 33.8 Å². The predicted molar refractivity (Wildman–Crippen MR) is 405 cm³/mol. The lowest BCUT2D eigenvalue weighted by Crippen LogP contribution is -2.30. The molecule has 588 valence electrons. The minimum atomic E-state index is -4.96. The molecule has 5 atom stereocenters. The van der Waals surface area contributed by atoms with Crippen molar-refractivity contribution in [3.05, 3.63) is 0 Å². The molecule has 0 heterocycles. The van der Waals surface area contributed by atoms with E-state index in [1.807, 2.05) is 0 Å². The minimum Gasteiger partial charge on any atom is -0.462 e. The van der Waals surface area contributed by atoms with Gasteiger partial charge in [-0.15, -0.1) is 0 Å². The van der Waals surface area contributed by atoms with E-state index in [1.54, 1.807) is 0 Å². The van der Waals surface area contributed by atoms with E-state index in [1.165, 1.54) is 238 Å². The molecule has 0 aliphatic carbocycles. The molecule has 0 saturated carbocycles. The highest BCUT2D eigenvalue weighted by Crippen LogP contribution is 2.45.